The largest absolute Gasteiger partial charge is 0.466 e. The van der Waals surface area contributed by atoms with Crippen LogP contribution in [0, 0.1) is 0 Å². The number of rotatable bonds is 1. The van der Waals surface area contributed by atoms with E-state index in [-0.39, 0.29) is 5.97 Å². The van der Waals surface area contributed by atoms with Crippen LogP contribution in [0.25, 0.3) is 0 Å². The summed E-state index contributed by atoms with van der Waals surface area (Å²) >= 11 is 5.43. The first kappa shape index (κ1) is 11.9. The van der Waals surface area contributed by atoms with Crippen molar-refractivity contribution in [3.05, 3.63) is 29.5 Å². The molecule has 1 aromatic heterocycles. The number of nitrogens with zero attached hydrogens (tertiary/aromatic N) is 1. The number of esters is 1. The first-order valence-corrected chi connectivity index (χ1v) is 4.24. The summed E-state index contributed by atoms with van der Waals surface area (Å²) in [6, 6.07) is 5.41. The number of hydrogen-bond donors (Lipinski definition) is 0. The first-order valence-electron chi connectivity index (χ1n) is 3.86. The second-order valence-electron chi connectivity index (χ2n) is 2.08. The van der Waals surface area contributed by atoms with Crippen LogP contribution in [-0.2, 0) is 9.53 Å². The maximum atomic E-state index is 9.82. The van der Waals surface area contributed by atoms with Gasteiger partial charge in [0.1, 0.15) is 5.15 Å². The van der Waals surface area contributed by atoms with Crippen LogP contribution in [0.2, 0.25) is 5.15 Å². The molecule has 0 N–H and O–H groups in total. The topological polar surface area (TPSA) is 39.2 Å². The van der Waals surface area contributed by atoms with Gasteiger partial charge in [0.15, 0.2) is 0 Å². The molecule has 0 aromatic carbocycles. The molecule has 0 amide bonds. The Labute approximate surface area is 82.7 Å². The monoisotopic (exact) mass is 201 g/mol. The third kappa shape index (κ3) is 8.82. The van der Waals surface area contributed by atoms with Crippen molar-refractivity contribution in [2.45, 2.75) is 13.8 Å². The molecule has 0 radical (unpaired) electrons. The fraction of sp³-hybridized carbons (Fsp3) is 0.333. The second-order valence-corrected chi connectivity index (χ2v) is 2.46. The molecule has 0 aliphatic heterocycles. The minimum absolute atomic E-state index is 0.211. The van der Waals surface area contributed by atoms with E-state index in [1.165, 1.54) is 6.92 Å². The number of aromatic nitrogens is 1. The zero-order chi connectivity index (χ0) is 10.1. The van der Waals surface area contributed by atoms with E-state index >= 15 is 0 Å². The molecule has 4 heteroatoms. The number of pyridine rings is 1. The van der Waals surface area contributed by atoms with Crippen LogP contribution in [0.1, 0.15) is 13.8 Å². The molecule has 0 bridgehead atoms. The van der Waals surface area contributed by atoms with E-state index in [0.29, 0.717) is 11.8 Å². The van der Waals surface area contributed by atoms with Crippen LogP contribution in [0.3, 0.4) is 0 Å². The van der Waals surface area contributed by atoms with Crippen molar-refractivity contribution >= 4 is 17.6 Å². The Hall–Kier alpha value is -1.09. The number of carbonyl (C=O) groups is 1. The molecule has 1 heterocycles. The van der Waals surface area contributed by atoms with Crippen LogP contribution in [0.5, 0.6) is 0 Å². The molecule has 0 saturated carbocycles. The highest BCUT2D eigenvalue weighted by Gasteiger charge is 1.81. The van der Waals surface area contributed by atoms with Gasteiger partial charge in [-0.3, -0.25) is 4.79 Å². The summed E-state index contributed by atoms with van der Waals surface area (Å²) in [5, 5.41) is 0.544. The van der Waals surface area contributed by atoms with Crippen molar-refractivity contribution in [2.24, 2.45) is 0 Å². The van der Waals surface area contributed by atoms with Crippen LogP contribution in [0.4, 0.5) is 0 Å². The van der Waals surface area contributed by atoms with Gasteiger partial charge < -0.3 is 4.74 Å². The fourth-order valence-corrected chi connectivity index (χ4v) is 0.674. The number of ether oxygens (including phenoxy) is 1. The van der Waals surface area contributed by atoms with Gasteiger partial charge in [0, 0.05) is 13.1 Å². The van der Waals surface area contributed by atoms with Gasteiger partial charge in [-0.15, -0.1) is 0 Å². The average Bonchev–Trinajstić information content (AvgIpc) is 2.06. The lowest BCUT2D eigenvalue weighted by Crippen LogP contribution is -1.95. The SMILES string of the molecule is CCOC(C)=O.Clc1ccccn1. The van der Waals surface area contributed by atoms with Gasteiger partial charge in [-0.05, 0) is 19.1 Å². The Morgan fingerprint density at radius 2 is 2.31 bits per heavy atom. The number of halogens is 1. The van der Waals surface area contributed by atoms with Crippen molar-refractivity contribution < 1.29 is 9.53 Å². The number of carbonyl (C=O) groups excluding carboxylic acids is 1. The minimum Gasteiger partial charge on any atom is -0.466 e. The maximum Gasteiger partial charge on any atom is 0.302 e. The second kappa shape index (κ2) is 7.55. The van der Waals surface area contributed by atoms with E-state index in [4.69, 9.17) is 11.6 Å². The van der Waals surface area contributed by atoms with Gasteiger partial charge >= 0.3 is 5.97 Å². The lowest BCUT2D eigenvalue weighted by atomic mass is 10.5. The van der Waals surface area contributed by atoms with Gasteiger partial charge in [0.25, 0.3) is 0 Å². The van der Waals surface area contributed by atoms with Gasteiger partial charge in [-0.1, -0.05) is 17.7 Å². The summed E-state index contributed by atoms with van der Waals surface area (Å²) in [6.45, 7) is 3.65. The van der Waals surface area contributed by atoms with Gasteiger partial charge in [0.05, 0.1) is 6.61 Å². The molecule has 0 aliphatic carbocycles. The van der Waals surface area contributed by atoms with Crippen molar-refractivity contribution in [3.8, 4) is 0 Å². The first-order chi connectivity index (χ1) is 6.16. The van der Waals surface area contributed by atoms with E-state index in [0.717, 1.165) is 0 Å². The smallest absolute Gasteiger partial charge is 0.302 e. The quantitative estimate of drug-likeness (QED) is 0.517. The van der Waals surface area contributed by atoms with Gasteiger partial charge in [-0.25, -0.2) is 4.98 Å². The molecular weight excluding hydrogens is 190 g/mol. The highest BCUT2D eigenvalue weighted by atomic mass is 35.5. The van der Waals surface area contributed by atoms with Crippen molar-refractivity contribution in [1.29, 1.82) is 0 Å². The molecule has 0 unspecified atom stereocenters. The summed E-state index contributed by atoms with van der Waals surface area (Å²) in [5.41, 5.74) is 0. The lowest BCUT2D eigenvalue weighted by molar-refractivity contribution is -0.140. The molecule has 0 spiro atoms. The van der Waals surface area contributed by atoms with E-state index in [9.17, 15) is 4.79 Å². The van der Waals surface area contributed by atoms with Gasteiger partial charge in [-0.2, -0.15) is 0 Å². The van der Waals surface area contributed by atoms with E-state index in [2.05, 4.69) is 9.72 Å². The zero-order valence-electron chi connectivity index (χ0n) is 7.66. The Bertz CT molecular complexity index is 239. The normalized spacial score (nSPS) is 8.23. The van der Waals surface area contributed by atoms with E-state index in [1.54, 1.807) is 19.2 Å². The summed E-state index contributed by atoms with van der Waals surface area (Å²) in [5.74, 6) is -0.211. The average molecular weight is 202 g/mol. The predicted molar refractivity (Wildman–Crippen MR) is 51.6 cm³/mol. The van der Waals surface area contributed by atoms with Crippen molar-refractivity contribution in [2.75, 3.05) is 6.61 Å². The number of hydrogen-bond acceptors (Lipinski definition) is 3. The molecule has 1 aromatic rings. The zero-order valence-corrected chi connectivity index (χ0v) is 8.41. The predicted octanol–water partition coefficient (Wildman–Crippen LogP) is 2.30. The van der Waals surface area contributed by atoms with Crippen LogP contribution >= 0.6 is 11.6 Å². The summed E-state index contributed by atoms with van der Waals surface area (Å²) in [6.07, 6.45) is 1.66. The Morgan fingerprint density at radius 1 is 1.62 bits per heavy atom. The molecule has 0 aliphatic rings. The molecule has 13 heavy (non-hydrogen) atoms. The fourth-order valence-electron chi connectivity index (χ4n) is 0.545. The Morgan fingerprint density at radius 3 is 2.46 bits per heavy atom. The summed E-state index contributed by atoms with van der Waals surface area (Å²) in [7, 11) is 0. The minimum atomic E-state index is -0.211. The van der Waals surface area contributed by atoms with E-state index in [1.807, 2.05) is 12.1 Å². The highest BCUT2D eigenvalue weighted by molar-refractivity contribution is 6.29. The van der Waals surface area contributed by atoms with Crippen LogP contribution < -0.4 is 0 Å². The van der Waals surface area contributed by atoms with Crippen LogP contribution in [-0.4, -0.2) is 17.6 Å². The molecule has 72 valence electrons. The highest BCUT2D eigenvalue weighted by Crippen LogP contribution is 1.98. The van der Waals surface area contributed by atoms with Gasteiger partial charge in [0.2, 0.25) is 0 Å². The summed E-state index contributed by atoms with van der Waals surface area (Å²) < 4.78 is 4.40. The third-order valence-electron chi connectivity index (χ3n) is 0.976. The maximum absolute atomic E-state index is 9.82. The molecular formula is C9H12ClNO2. The molecule has 3 nitrogen and oxygen atoms in total. The Kier molecular flexibility index (Phi) is 6.92. The molecule has 1 rings (SSSR count). The third-order valence-corrected chi connectivity index (χ3v) is 1.20. The lowest BCUT2D eigenvalue weighted by Gasteiger charge is -1.89. The molecule has 0 atom stereocenters. The van der Waals surface area contributed by atoms with Crippen LogP contribution in [0.15, 0.2) is 24.4 Å². The Balaban J connectivity index is 0.000000226. The van der Waals surface area contributed by atoms with Crippen molar-refractivity contribution in [1.82, 2.24) is 4.98 Å². The van der Waals surface area contributed by atoms with E-state index < -0.39 is 0 Å². The summed E-state index contributed by atoms with van der Waals surface area (Å²) in [4.78, 5) is 13.6. The van der Waals surface area contributed by atoms with Crippen molar-refractivity contribution in [3.63, 3.8) is 0 Å². The molecule has 0 saturated heterocycles. The molecule has 0 fully saturated rings. The standard InChI is InChI=1S/C5H4ClN.C4H8O2/c6-5-3-1-2-4-7-5;1-3-6-4(2)5/h1-4H;3H2,1-2H3.